The number of halogens is 1. The number of hydrogen-bond acceptors (Lipinski definition) is 2. The molecule has 5 heteroatoms. The molecule has 0 unspecified atom stereocenters. The summed E-state index contributed by atoms with van der Waals surface area (Å²) in [6, 6.07) is 6.33. The van der Waals surface area contributed by atoms with Gasteiger partial charge in [-0.3, -0.25) is 9.48 Å². The second-order valence-corrected chi connectivity index (χ2v) is 3.72. The summed E-state index contributed by atoms with van der Waals surface area (Å²) < 4.78 is 14.7. The zero-order valence-electron chi connectivity index (χ0n) is 9.35. The first-order chi connectivity index (χ1) is 8.15. The van der Waals surface area contributed by atoms with Crippen molar-refractivity contribution in [3.05, 3.63) is 48.0 Å². The number of carbonyl (C=O) groups excluding carboxylic acids is 1. The zero-order valence-corrected chi connectivity index (χ0v) is 9.35. The van der Waals surface area contributed by atoms with Gasteiger partial charge >= 0.3 is 0 Å². The van der Waals surface area contributed by atoms with Gasteiger partial charge in [0.1, 0.15) is 12.4 Å². The third-order valence-electron chi connectivity index (χ3n) is 2.32. The van der Waals surface area contributed by atoms with Crippen LogP contribution < -0.4 is 5.32 Å². The summed E-state index contributed by atoms with van der Waals surface area (Å²) in [6.07, 6.45) is 3.29. The number of aryl methyl sites for hydroxylation is 1. The molecule has 1 heterocycles. The minimum absolute atomic E-state index is 0.114. The lowest BCUT2D eigenvalue weighted by molar-refractivity contribution is -0.116. The maximum Gasteiger partial charge on any atom is 0.246 e. The zero-order chi connectivity index (χ0) is 12.3. The van der Waals surface area contributed by atoms with Crippen LogP contribution in [0.25, 0.3) is 0 Å². The largest absolute Gasteiger partial charge is 0.324 e. The highest BCUT2D eigenvalue weighted by Gasteiger charge is 2.05. The molecule has 0 fully saturated rings. The Kier molecular flexibility index (Phi) is 3.18. The van der Waals surface area contributed by atoms with Gasteiger partial charge < -0.3 is 5.32 Å². The van der Waals surface area contributed by atoms with E-state index in [0.29, 0.717) is 11.3 Å². The summed E-state index contributed by atoms with van der Waals surface area (Å²) in [5, 5.41) is 6.52. The molecule has 2 rings (SSSR count). The van der Waals surface area contributed by atoms with Gasteiger partial charge in [0.25, 0.3) is 0 Å². The van der Waals surface area contributed by atoms with Gasteiger partial charge in [0.05, 0.1) is 0 Å². The van der Waals surface area contributed by atoms with Crippen LogP contribution >= 0.6 is 0 Å². The van der Waals surface area contributed by atoms with E-state index in [9.17, 15) is 9.18 Å². The summed E-state index contributed by atoms with van der Waals surface area (Å²) >= 11 is 0. The second-order valence-electron chi connectivity index (χ2n) is 3.72. The molecule has 4 nitrogen and oxygen atoms in total. The molecule has 0 bridgehead atoms. The highest BCUT2D eigenvalue weighted by atomic mass is 19.1. The van der Waals surface area contributed by atoms with E-state index in [1.165, 1.54) is 10.7 Å². The van der Waals surface area contributed by atoms with E-state index >= 15 is 0 Å². The number of aromatic nitrogens is 2. The number of nitrogens with one attached hydrogen (secondary N) is 1. The van der Waals surface area contributed by atoms with E-state index in [1.54, 1.807) is 37.5 Å². The molecule has 0 saturated carbocycles. The Morgan fingerprint density at radius 1 is 1.53 bits per heavy atom. The maximum atomic E-state index is 13.2. The van der Waals surface area contributed by atoms with E-state index in [-0.39, 0.29) is 18.3 Å². The monoisotopic (exact) mass is 233 g/mol. The summed E-state index contributed by atoms with van der Waals surface area (Å²) in [6.45, 7) is 1.78. The quantitative estimate of drug-likeness (QED) is 0.881. The molecule has 0 aliphatic heterocycles. The van der Waals surface area contributed by atoms with Gasteiger partial charge in [0.15, 0.2) is 0 Å². The summed E-state index contributed by atoms with van der Waals surface area (Å²) in [7, 11) is 0. The fourth-order valence-corrected chi connectivity index (χ4v) is 1.41. The Hall–Kier alpha value is -2.17. The molecule has 1 aromatic heterocycles. The first-order valence-electron chi connectivity index (χ1n) is 5.18. The van der Waals surface area contributed by atoms with Crippen molar-refractivity contribution in [1.29, 1.82) is 0 Å². The first-order valence-corrected chi connectivity index (χ1v) is 5.18. The lowest BCUT2D eigenvalue weighted by atomic mass is 10.2. The number of hydrogen-bond donors (Lipinski definition) is 1. The number of benzene rings is 1. The van der Waals surface area contributed by atoms with Crippen molar-refractivity contribution < 1.29 is 9.18 Å². The molecule has 0 spiro atoms. The summed E-state index contributed by atoms with van der Waals surface area (Å²) in [5.74, 6) is -0.571. The third kappa shape index (κ3) is 2.90. The molecule has 1 amide bonds. The molecule has 0 saturated heterocycles. The maximum absolute atomic E-state index is 13.2. The highest BCUT2D eigenvalue weighted by Crippen LogP contribution is 2.13. The molecule has 17 heavy (non-hydrogen) atoms. The van der Waals surface area contributed by atoms with Gasteiger partial charge in [-0.05, 0) is 30.7 Å². The van der Waals surface area contributed by atoms with Gasteiger partial charge in [-0.25, -0.2) is 4.39 Å². The van der Waals surface area contributed by atoms with E-state index in [2.05, 4.69) is 10.4 Å². The van der Waals surface area contributed by atoms with Crippen molar-refractivity contribution in [2.75, 3.05) is 5.32 Å². The predicted molar refractivity (Wildman–Crippen MR) is 62.0 cm³/mol. The van der Waals surface area contributed by atoms with Crippen LogP contribution in [0.2, 0.25) is 0 Å². The van der Waals surface area contributed by atoms with Crippen molar-refractivity contribution in [1.82, 2.24) is 9.78 Å². The van der Waals surface area contributed by atoms with Gasteiger partial charge in [0, 0.05) is 18.1 Å². The number of rotatable bonds is 3. The van der Waals surface area contributed by atoms with Crippen LogP contribution in [0.4, 0.5) is 10.1 Å². The molecule has 0 aliphatic carbocycles. The smallest absolute Gasteiger partial charge is 0.246 e. The molecule has 1 aromatic carbocycles. The van der Waals surface area contributed by atoms with Crippen LogP contribution in [0.5, 0.6) is 0 Å². The second kappa shape index (κ2) is 4.78. The number of nitrogens with zero attached hydrogens (tertiary/aromatic N) is 2. The molecule has 0 aliphatic rings. The fraction of sp³-hybridized carbons (Fsp3) is 0.167. The Morgan fingerprint density at radius 3 is 3.00 bits per heavy atom. The number of carbonyl (C=O) groups is 1. The van der Waals surface area contributed by atoms with Crippen LogP contribution in [-0.4, -0.2) is 15.7 Å². The molecule has 0 atom stereocenters. The van der Waals surface area contributed by atoms with Crippen molar-refractivity contribution >= 4 is 11.6 Å². The van der Waals surface area contributed by atoms with Gasteiger partial charge in [-0.2, -0.15) is 5.10 Å². The Balaban J connectivity index is 2.00. The minimum atomic E-state index is -0.332. The average molecular weight is 233 g/mol. The van der Waals surface area contributed by atoms with E-state index in [1.807, 2.05) is 0 Å². The summed E-state index contributed by atoms with van der Waals surface area (Å²) in [5.41, 5.74) is 1.00. The molecule has 0 radical (unpaired) electrons. The standard InChI is InChI=1S/C12H12FN3O/c1-9-3-4-10(7-11(9)13)15-12(17)8-16-6-2-5-14-16/h2-7H,8H2,1H3,(H,15,17). The van der Waals surface area contributed by atoms with E-state index < -0.39 is 0 Å². The van der Waals surface area contributed by atoms with Crippen LogP contribution in [0.3, 0.4) is 0 Å². The minimum Gasteiger partial charge on any atom is -0.324 e. The molecule has 88 valence electrons. The van der Waals surface area contributed by atoms with Crippen LogP contribution in [0.15, 0.2) is 36.7 Å². The summed E-state index contributed by atoms with van der Waals surface area (Å²) in [4.78, 5) is 11.6. The predicted octanol–water partition coefficient (Wildman–Crippen LogP) is 1.97. The van der Waals surface area contributed by atoms with Gasteiger partial charge in [-0.15, -0.1) is 0 Å². The van der Waals surface area contributed by atoms with Crippen LogP contribution in [0, 0.1) is 12.7 Å². The van der Waals surface area contributed by atoms with Crippen molar-refractivity contribution in [2.24, 2.45) is 0 Å². The molecule has 2 aromatic rings. The van der Waals surface area contributed by atoms with Crippen molar-refractivity contribution in [3.8, 4) is 0 Å². The lowest BCUT2D eigenvalue weighted by Crippen LogP contribution is -2.19. The van der Waals surface area contributed by atoms with Gasteiger partial charge in [-0.1, -0.05) is 6.07 Å². The Morgan fingerprint density at radius 2 is 2.35 bits per heavy atom. The highest BCUT2D eigenvalue weighted by molar-refractivity contribution is 5.90. The third-order valence-corrected chi connectivity index (χ3v) is 2.32. The molecule has 1 N–H and O–H groups in total. The average Bonchev–Trinajstić information content (AvgIpc) is 2.76. The van der Waals surface area contributed by atoms with E-state index in [0.717, 1.165) is 0 Å². The number of amides is 1. The lowest BCUT2D eigenvalue weighted by Gasteiger charge is -2.06. The first kappa shape index (κ1) is 11.3. The van der Waals surface area contributed by atoms with Crippen molar-refractivity contribution in [3.63, 3.8) is 0 Å². The normalized spacial score (nSPS) is 10.2. The Bertz CT molecular complexity index is 523. The van der Waals surface area contributed by atoms with Crippen molar-refractivity contribution in [2.45, 2.75) is 13.5 Å². The fourth-order valence-electron chi connectivity index (χ4n) is 1.41. The number of anilines is 1. The molecular weight excluding hydrogens is 221 g/mol. The van der Waals surface area contributed by atoms with Crippen LogP contribution in [0.1, 0.15) is 5.56 Å². The SMILES string of the molecule is Cc1ccc(NC(=O)Cn2cccn2)cc1F. The van der Waals surface area contributed by atoms with Crippen LogP contribution in [-0.2, 0) is 11.3 Å². The molecular formula is C12H12FN3O. The van der Waals surface area contributed by atoms with Gasteiger partial charge in [0.2, 0.25) is 5.91 Å². The van der Waals surface area contributed by atoms with E-state index in [4.69, 9.17) is 0 Å². The topological polar surface area (TPSA) is 46.9 Å². The Labute approximate surface area is 98.1 Å².